The second kappa shape index (κ2) is 6.41. The molecule has 2 aliphatic rings. The lowest BCUT2D eigenvalue weighted by atomic mass is 9.86. The summed E-state index contributed by atoms with van der Waals surface area (Å²) in [6.45, 7) is 2.39. The predicted octanol–water partition coefficient (Wildman–Crippen LogP) is 2.46. The summed E-state index contributed by atoms with van der Waals surface area (Å²) in [5.74, 6) is 0.836. The van der Waals surface area contributed by atoms with Gasteiger partial charge in [0.25, 0.3) is 0 Å². The van der Waals surface area contributed by atoms with Crippen molar-refractivity contribution in [3.8, 4) is 0 Å². The zero-order chi connectivity index (χ0) is 13.0. The number of amides is 2. The number of nitrogens with zero attached hydrogens (tertiary/aromatic N) is 2. The van der Waals surface area contributed by atoms with Gasteiger partial charge in [0.1, 0.15) is 0 Å². The van der Waals surface area contributed by atoms with Crippen LogP contribution in [0.4, 0.5) is 4.79 Å². The van der Waals surface area contributed by atoms with E-state index in [-0.39, 0.29) is 5.91 Å². The van der Waals surface area contributed by atoms with Gasteiger partial charge in [-0.2, -0.15) is 0 Å². The molecule has 4 nitrogen and oxygen atoms in total. The van der Waals surface area contributed by atoms with Crippen molar-refractivity contribution >= 4 is 22.9 Å². The maximum absolute atomic E-state index is 12.1. The van der Waals surface area contributed by atoms with E-state index in [0.29, 0.717) is 38.5 Å². The highest BCUT2D eigenvalue weighted by Gasteiger charge is 2.25. The van der Waals surface area contributed by atoms with Crippen molar-refractivity contribution in [2.75, 3.05) is 26.2 Å². The van der Waals surface area contributed by atoms with Crippen molar-refractivity contribution in [2.45, 2.75) is 38.5 Å². The smallest absolute Gasteiger partial charge is 0.316 e. The molecule has 102 valence electrons. The molecule has 2 rings (SSSR count). The maximum atomic E-state index is 12.1. The number of carbonyl (C=O) groups is 2. The summed E-state index contributed by atoms with van der Waals surface area (Å²) in [7, 11) is 0. The Balaban J connectivity index is 1.75. The number of hydrogen-bond donors (Lipinski definition) is 0. The van der Waals surface area contributed by atoms with Crippen LogP contribution in [-0.2, 0) is 4.79 Å². The molecule has 1 aliphatic carbocycles. The molecule has 1 saturated carbocycles. The van der Waals surface area contributed by atoms with Crippen LogP contribution in [0, 0.1) is 5.92 Å². The fraction of sp³-hybridized carbons (Fsp3) is 0.846. The van der Waals surface area contributed by atoms with Crippen LogP contribution in [0.25, 0.3) is 0 Å². The monoisotopic (exact) mass is 272 g/mol. The quantitative estimate of drug-likeness (QED) is 0.572. The van der Waals surface area contributed by atoms with Gasteiger partial charge in [-0.05, 0) is 30.4 Å². The van der Waals surface area contributed by atoms with Crippen LogP contribution in [0.3, 0.4) is 0 Å². The first-order valence-electron chi connectivity index (χ1n) is 6.89. The highest BCUT2D eigenvalue weighted by molar-refractivity contribution is 6.62. The Morgan fingerprint density at radius 1 is 0.944 bits per heavy atom. The Morgan fingerprint density at radius 2 is 1.50 bits per heavy atom. The van der Waals surface area contributed by atoms with Crippen molar-refractivity contribution in [3.05, 3.63) is 0 Å². The summed E-state index contributed by atoms with van der Waals surface area (Å²) < 4.78 is 0. The molecular formula is C13H21ClN2O2. The van der Waals surface area contributed by atoms with Crippen molar-refractivity contribution in [1.82, 2.24) is 9.80 Å². The Kier molecular flexibility index (Phi) is 4.87. The van der Waals surface area contributed by atoms with Crippen LogP contribution in [0.2, 0.25) is 0 Å². The molecule has 0 spiro atoms. The molecule has 0 aromatic heterocycles. The minimum Gasteiger partial charge on any atom is -0.339 e. The average Bonchev–Trinajstić information content (AvgIpc) is 2.40. The van der Waals surface area contributed by atoms with Gasteiger partial charge in [-0.15, -0.1) is 0 Å². The molecule has 0 radical (unpaired) electrons. The van der Waals surface area contributed by atoms with E-state index < -0.39 is 5.37 Å². The predicted molar refractivity (Wildman–Crippen MR) is 70.6 cm³/mol. The standard InChI is InChI=1S/C13H21ClN2O2/c14-13(18)16-8-6-15(7-9-16)12(17)10-11-4-2-1-3-5-11/h11H,1-10H2. The average molecular weight is 273 g/mol. The summed E-state index contributed by atoms with van der Waals surface area (Å²) in [6.07, 6.45) is 6.95. The Hall–Kier alpha value is -0.770. The third kappa shape index (κ3) is 3.61. The van der Waals surface area contributed by atoms with Gasteiger partial charge >= 0.3 is 5.37 Å². The largest absolute Gasteiger partial charge is 0.339 e. The summed E-state index contributed by atoms with van der Waals surface area (Å²) in [5, 5.41) is -0.408. The lowest BCUT2D eigenvalue weighted by molar-refractivity contribution is -0.133. The van der Waals surface area contributed by atoms with Crippen molar-refractivity contribution < 1.29 is 9.59 Å². The van der Waals surface area contributed by atoms with Crippen LogP contribution < -0.4 is 0 Å². The molecule has 5 heteroatoms. The van der Waals surface area contributed by atoms with Gasteiger partial charge < -0.3 is 9.80 Å². The van der Waals surface area contributed by atoms with Crippen LogP contribution in [0.15, 0.2) is 0 Å². The van der Waals surface area contributed by atoms with Crippen LogP contribution in [0.5, 0.6) is 0 Å². The van der Waals surface area contributed by atoms with Gasteiger partial charge in [0.2, 0.25) is 5.91 Å². The molecule has 0 N–H and O–H groups in total. The molecule has 2 fully saturated rings. The van der Waals surface area contributed by atoms with Gasteiger partial charge in [-0.25, -0.2) is 0 Å². The molecule has 0 unspecified atom stereocenters. The zero-order valence-corrected chi connectivity index (χ0v) is 11.5. The number of carbonyl (C=O) groups excluding carboxylic acids is 2. The lowest BCUT2D eigenvalue weighted by Crippen LogP contribution is -2.49. The van der Waals surface area contributed by atoms with Crippen LogP contribution in [0.1, 0.15) is 38.5 Å². The lowest BCUT2D eigenvalue weighted by Gasteiger charge is -2.34. The van der Waals surface area contributed by atoms with Gasteiger partial charge in [-0.3, -0.25) is 9.59 Å². The summed E-state index contributed by atoms with van der Waals surface area (Å²) in [6, 6.07) is 0. The maximum Gasteiger partial charge on any atom is 0.316 e. The highest BCUT2D eigenvalue weighted by Crippen LogP contribution is 2.27. The highest BCUT2D eigenvalue weighted by atomic mass is 35.5. The van der Waals surface area contributed by atoms with Gasteiger partial charge in [0, 0.05) is 32.6 Å². The van der Waals surface area contributed by atoms with Crippen LogP contribution in [-0.4, -0.2) is 47.3 Å². The Bertz CT molecular complexity index is 308. The first kappa shape index (κ1) is 13.7. The van der Waals surface area contributed by atoms with E-state index >= 15 is 0 Å². The van der Waals surface area contributed by atoms with E-state index in [1.54, 1.807) is 4.90 Å². The van der Waals surface area contributed by atoms with E-state index in [0.717, 1.165) is 0 Å². The molecule has 0 atom stereocenters. The van der Waals surface area contributed by atoms with E-state index in [4.69, 9.17) is 11.6 Å². The first-order chi connectivity index (χ1) is 8.66. The molecular weight excluding hydrogens is 252 g/mol. The van der Waals surface area contributed by atoms with Crippen molar-refractivity contribution in [1.29, 1.82) is 0 Å². The summed E-state index contributed by atoms with van der Waals surface area (Å²) >= 11 is 5.42. The number of hydrogen-bond acceptors (Lipinski definition) is 2. The molecule has 1 aliphatic heterocycles. The first-order valence-corrected chi connectivity index (χ1v) is 7.27. The second-order valence-electron chi connectivity index (χ2n) is 5.33. The molecule has 1 saturated heterocycles. The third-order valence-corrected chi connectivity index (χ3v) is 4.31. The van der Waals surface area contributed by atoms with Crippen molar-refractivity contribution in [3.63, 3.8) is 0 Å². The molecule has 0 bridgehead atoms. The van der Waals surface area contributed by atoms with Crippen LogP contribution >= 0.6 is 11.6 Å². The fourth-order valence-corrected chi connectivity index (χ4v) is 3.07. The number of rotatable bonds is 2. The zero-order valence-electron chi connectivity index (χ0n) is 10.7. The van der Waals surface area contributed by atoms with E-state index in [1.807, 2.05) is 4.90 Å². The molecule has 0 aromatic carbocycles. The summed E-state index contributed by atoms with van der Waals surface area (Å²) in [5.41, 5.74) is 0. The SMILES string of the molecule is O=C(Cl)N1CCN(C(=O)CC2CCCCC2)CC1. The molecule has 18 heavy (non-hydrogen) atoms. The molecule has 1 heterocycles. The minimum absolute atomic E-state index is 0.253. The van der Waals surface area contributed by atoms with E-state index in [9.17, 15) is 9.59 Å². The summed E-state index contributed by atoms with van der Waals surface area (Å²) in [4.78, 5) is 26.6. The second-order valence-corrected chi connectivity index (χ2v) is 5.65. The molecule has 2 amide bonds. The van der Waals surface area contributed by atoms with Crippen molar-refractivity contribution in [2.24, 2.45) is 5.92 Å². The third-order valence-electron chi connectivity index (χ3n) is 4.07. The van der Waals surface area contributed by atoms with Gasteiger partial charge in [0.05, 0.1) is 0 Å². The minimum atomic E-state index is -0.408. The normalized spacial score (nSPS) is 22.1. The topological polar surface area (TPSA) is 40.6 Å². The Labute approximate surface area is 113 Å². The fourth-order valence-electron chi connectivity index (χ4n) is 2.90. The van der Waals surface area contributed by atoms with Gasteiger partial charge in [0.15, 0.2) is 0 Å². The Morgan fingerprint density at radius 3 is 2.06 bits per heavy atom. The van der Waals surface area contributed by atoms with E-state index in [2.05, 4.69) is 0 Å². The number of piperazine rings is 1. The van der Waals surface area contributed by atoms with Gasteiger partial charge in [-0.1, -0.05) is 19.3 Å². The number of halogens is 1. The van der Waals surface area contributed by atoms with E-state index in [1.165, 1.54) is 32.1 Å². The molecule has 0 aromatic rings.